The molecule has 0 saturated carbocycles. The number of halogens is 1. The summed E-state index contributed by atoms with van der Waals surface area (Å²) in [6, 6.07) is 16.1. The number of hydrazine groups is 1. The third-order valence-electron chi connectivity index (χ3n) is 5.74. The van der Waals surface area contributed by atoms with E-state index < -0.39 is 0 Å². The van der Waals surface area contributed by atoms with Crippen LogP contribution in [0.2, 0.25) is 0 Å². The Labute approximate surface area is 188 Å². The second kappa shape index (κ2) is 8.28. The Morgan fingerprint density at radius 2 is 1.90 bits per heavy atom. The van der Waals surface area contributed by atoms with Crippen molar-refractivity contribution in [3.63, 3.8) is 0 Å². The van der Waals surface area contributed by atoms with Crippen LogP contribution in [0.4, 0.5) is 0 Å². The third kappa shape index (κ3) is 4.00. The van der Waals surface area contributed by atoms with E-state index in [4.69, 9.17) is 4.52 Å². The molecule has 1 fully saturated rings. The van der Waals surface area contributed by atoms with Gasteiger partial charge in [-0.05, 0) is 48.2 Å². The second-order valence-electron chi connectivity index (χ2n) is 7.72. The molecular weight excluding hydrogens is 458 g/mol. The highest BCUT2D eigenvalue weighted by Gasteiger charge is 2.40. The molecule has 2 aromatic carbocycles. The molecule has 5 rings (SSSR count). The van der Waals surface area contributed by atoms with Gasteiger partial charge in [0.05, 0.1) is 6.04 Å². The first-order chi connectivity index (χ1) is 15.1. The molecule has 1 saturated heterocycles. The van der Waals surface area contributed by atoms with Crippen molar-refractivity contribution in [2.75, 3.05) is 0 Å². The van der Waals surface area contributed by atoms with Gasteiger partial charge in [-0.1, -0.05) is 52.3 Å². The second-order valence-corrected chi connectivity index (χ2v) is 8.63. The van der Waals surface area contributed by atoms with Crippen molar-refractivity contribution >= 4 is 21.8 Å². The number of hydrogen-bond donors (Lipinski definition) is 1. The van der Waals surface area contributed by atoms with E-state index in [0.717, 1.165) is 16.5 Å². The van der Waals surface area contributed by atoms with Crippen LogP contribution in [0.25, 0.3) is 11.4 Å². The third-order valence-corrected chi connectivity index (χ3v) is 6.27. The van der Waals surface area contributed by atoms with E-state index in [1.807, 2.05) is 35.5 Å². The van der Waals surface area contributed by atoms with E-state index >= 15 is 0 Å². The van der Waals surface area contributed by atoms with E-state index in [1.165, 1.54) is 11.1 Å². The van der Waals surface area contributed by atoms with Gasteiger partial charge < -0.3 is 14.4 Å². The van der Waals surface area contributed by atoms with Crippen LogP contribution in [-0.4, -0.2) is 32.0 Å². The lowest BCUT2D eigenvalue weighted by molar-refractivity contribution is -0.135. The van der Waals surface area contributed by atoms with Crippen molar-refractivity contribution in [2.24, 2.45) is 0 Å². The molecule has 3 aromatic rings. The van der Waals surface area contributed by atoms with Crippen LogP contribution in [0.1, 0.15) is 36.4 Å². The molecule has 1 aromatic heterocycles. The summed E-state index contributed by atoms with van der Waals surface area (Å²) in [5, 5.41) is 5.95. The maximum Gasteiger partial charge on any atom is 0.251 e. The normalized spacial score (nSPS) is 20.4. The van der Waals surface area contributed by atoms with Gasteiger partial charge in [-0.3, -0.25) is 4.79 Å². The fourth-order valence-corrected chi connectivity index (χ4v) is 4.22. The Hall–Kier alpha value is -2.97. The first-order valence-corrected chi connectivity index (χ1v) is 11.1. The molecule has 0 aliphatic carbocycles. The summed E-state index contributed by atoms with van der Waals surface area (Å²) in [6.45, 7) is 2.39. The van der Waals surface area contributed by atoms with Crippen LogP contribution >= 0.6 is 15.9 Å². The van der Waals surface area contributed by atoms with E-state index in [9.17, 15) is 4.79 Å². The minimum absolute atomic E-state index is 0.0195. The number of aryl methyl sites for hydroxylation is 1. The number of carbonyl (C=O) groups excluding carboxylic acids is 1. The smallest absolute Gasteiger partial charge is 0.251 e. The van der Waals surface area contributed by atoms with Crippen LogP contribution in [0, 0.1) is 0 Å². The van der Waals surface area contributed by atoms with Crippen molar-refractivity contribution in [3.8, 4) is 11.4 Å². The van der Waals surface area contributed by atoms with Crippen molar-refractivity contribution < 1.29 is 9.32 Å². The number of nitrogens with zero attached hydrogens (tertiary/aromatic N) is 4. The lowest BCUT2D eigenvalue weighted by Crippen LogP contribution is -2.47. The highest BCUT2D eigenvalue weighted by atomic mass is 79.9. The minimum Gasteiger partial charge on any atom is -0.337 e. The zero-order chi connectivity index (χ0) is 21.4. The van der Waals surface area contributed by atoms with E-state index in [2.05, 4.69) is 62.7 Å². The van der Waals surface area contributed by atoms with Crippen LogP contribution in [0.3, 0.4) is 0 Å². The van der Waals surface area contributed by atoms with Crippen LogP contribution in [0.15, 0.2) is 69.9 Å². The Bertz CT molecular complexity index is 1110. The van der Waals surface area contributed by atoms with Gasteiger partial charge in [0.15, 0.2) is 0 Å². The molecule has 3 heterocycles. The zero-order valence-electron chi connectivity index (χ0n) is 17.0. The number of amides is 1. The van der Waals surface area contributed by atoms with Crippen LogP contribution in [-0.2, 0) is 17.8 Å². The topological polar surface area (TPSA) is 74.5 Å². The average Bonchev–Trinajstić information content (AvgIpc) is 3.44. The molecule has 2 atom stereocenters. The first kappa shape index (κ1) is 20.0. The summed E-state index contributed by atoms with van der Waals surface area (Å²) in [5.41, 5.74) is 6.80. The van der Waals surface area contributed by atoms with E-state index in [0.29, 0.717) is 18.1 Å². The highest BCUT2D eigenvalue weighted by Crippen LogP contribution is 2.31. The number of nitrogens with one attached hydrogen (secondary N) is 1. The zero-order valence-corrected chi connectivity index (χ0v) is 18.6. The summed E-state index contributed by atoms with van der Waals surface area (Å²) in [6.07, 6.45) is 5.39. The molecule has 31 heavy (non-hydrogen) atoms. The Balaban J connectivity index is 1.26. The largest absolute Gasteiger partial charge is 0.337 e. The minimum atomic E-state index is -0.255. The molecule has 7 nitrogen and oxygen atoms in total. The van der Waals surface area contributed by atoms with Gasteiger partial charge in [0.25, 0.3) is 5.91 Å². The lowest BCUT2D eigenvalue weighted by atomic mass is 9.99. The summed E-state index contributed by atoms with van der Waals surface area (Å²) >= 11 is 3.42. The number of hydrogen-bond acceptors (Lipinski definition) is 6. The maximum atomic E-state index is 13.1. The van der Waals surface area contributed by atoms with Gasteiger partial charge in [0.1, 0.15) is 12.6 Å². The quantitative estimate of drug-likeness (QED) is 0.591. The predicted octanol–water partition coefficient (Wildman–Crippen LogP) is 4.20. The van der Waals surface area contributed by atoms with Gasteiger partial charge in [-0.25, -0.2) is 5.43 Å². The van der Waals surface area contributed by atoms with Crippen LogP contribution in [0.5, 0.6) is 0 Å². The van der Waals surface area contributed by atoms with Crippen molar-refractivity contribution in [1.82, 2.24) is 25.5 Å². The van der Waals surface area contributed by atoms with Gasteiger partial charge in [0.2, 0.25) is 11.7 Å². The Morgan fingerprint density at radius 3 is 2.65 bits per heavy atom. The van der Waals surface area contributed by atoms with Gasteiger partial charge in [-0.15, -0.1) is 0 Å². The molecule has 1 N–H and O–H groups in total. The van der Waals surface area contributed by atoms with Crippen molar-refractivity contribution in [2.45, 2.75) is 38.4 Å². The summed E-state index contributed by atoms with van der Waals surface area (Å²) in [5.74, 6) is 0.934. The van der Waals surface area contributed by atoms with Gasteiger partial charge in [0, 0.05) is 22.4 Å². The molecule has 0 spiro atoms. The SMILES string of the molecule is CCc1ccc(C2CC3C(=O)N(Cc4nc(-c5ccc(Br)cc5)no4)C=CN3N2)cc1. The summed E-state index contributed by atoms with van der Waals surface area (Å²) in [4.78, 5) is 19.2. The van der Waals surface area contributed by atoms with E-state index in [-0.39, 0.29) is 24.5 Å². The highest BCUT2D eigenvalue weighted by molar-refractivity contribution is 9.10. The average molecular weight is 480 g/mol. The lowest BCUT2D eigenvalue weighted by Gasteiger charge is -2.30. The predicted molar refractivity (Wildman–Crippen MR) is 119 cm³/mol. The van der Waals surface area contributed by atoms with Gasteiger partial charge >= 0.3 is 0 Å². The number of fused-ring (bicyclic) bond motifs is 1. The number of rotatable bonds is 5. The molecule has 2 aliphatic heterocycles. The molecule has 158 valence electrons. The fourth-order valence-electron chi connectivity index (χ4n) is 3.95. The van der Waals surface area contributed by atoms with Crippen LogP contribution < -0.4 is 5.43 Å². The van der Waals surface area contributed by atoms with E-state index in [1.54, 1.807) is 11.1 Å². The molecular formula is C23H22BrN5O2. The summed E-state index contributed by atoms with van der Waals surface area (Å²) in [7, 11) is 0. The number of benzene rings is 2. The molecule has 8 heteroatoms. The Kier molecular flexibility index (Phi) is 5.33. The van der Waals surface area contributed by atoms with Crippen molar-refractivity contribution in [3.05, 3.63) is 82.4 Å². The number of carbonyl (C=O) groups is 1. The standard InChI is InChI=1S/C23H22BrN5O2/c1-2-15-3-5-16(6-4-15)19-13-20-23(30)28(11-12-29(20)26-19)14-21-25-22(27-31-21)17-7-9-18(24)10-8-17/h3-12,19-20,26H,2,13-14H2,1H3. The summed E-state index contributed by atoms with van der Waals surface area (Å²) < 4.78 is 6.38. The molecule has 2 unspecified atom stereocenters. The monoisotopic (exact) mass is 479 g/mol. The molecule has 0 bridgehead atoms. The van der Waals surface area contributed by atoms with Gasteiger partial charge in [-0.2, -0.15) is 4.98 Å². The Morgan fingerprint density at radius 1 is 1.13 bits per heavy atom. The molecule has 2 aliphatic rings. The van der Waals surface area contributed by atoms with Crippen molar-refractivity contribution in [1.29, 1.82) is 0 Å². The first-order valence-electron chi connectivity index (χ1n) is 10.3. The molecule has 0 radical (unpaired) electrons. The fraction of sp³-hybridized carbons (Fsp3) is 0.261. The molecule has 1 amide bonds. The maximum absolute atomic E-state index is 13.1. The number of aromatic nitrogens is 2.